The number of nitrogens with one attached hydrogen (secondary N) is 1. The Morgan fingerprint density at radius 3 is 2.37 bits per heavy atom. The summed E-state index contributed by atoms with van der Waals surface area (Å²) in [5, 5.41) is 7.50. The maximum absolute atomic E-state index is 7.50. The minimum atomic E-state index is 0.126. The summed E-state index contributed by atoms with van der Waals surface area (Å²) in [6, 6.07) is 12.5. The van der Waals surface area contributed by atoms with Crippen molar-refractivity contribution in [3.05, 3.63) is 58.7 Å². The molecule has 0 atom stereocenters. The van der Waals surface area contributed by atoms with Crippen molar-refractivity contribution in [2.45, 2.75) is 30.6 Å². The fourth-order valence-electron chi connectivity index (χ4n) is 1.95. The van der Waals surface area contributed by atoms with E-state index in [9.17, 15) is 0 Å². The van der Waals surface area contributed by atoms with Gasteiger partial charge in [0.05, 0.1) is 0 Å². The van der Waals surface area contributed by atoms with E-state index in [0.29, 0.717) is 0 Å². The summed E-state index contributed by atoms with van der Waals surface area (Å²) >= 11 is 1.75. The van der Waals surface area contributed by atoms with Crippen molar-refractivity contribution in [2.24, 2.45) is 5.73 Å². The zero-order valence-corrected chi connectivity index (χ0v) is 12.3. The van der Waals surface area contributed by atoms with Crippen LogP contribution in [0.2, 0.25) is 0 Å². The van der Waals surface area contributed by atoms with Gasteiger partial charge in [0.2, 0.25) is 0 Å². The molecule has 2 rings (SSSR count). The number of benzene rings is 2. The number of aryl methyl sites for hydroxylation is 3. The molecular formula is C16H18N2S. The van der Waals surface area contributed by atoms with Crippen molar-refractivity contribution in [2.75, 3.05) is 0 Å². The van der Waals surface area contributed by atoms with Crippen LogP contribution in [0.3, 0.4) is 0 Å². The first-order valence-corrected chi connectivity index (χ1v) is 6.99. The van der Waals surface area contributed by atoms with Gasteiger partial charge in [0.15, 0.2) is 0 Å². The lowest BCUT2D eigenvalue weighted by molar-refractivity contribution is 1.25. The van der Waals surface area contributed by atoms with Crippen LogP contribution in [0.25, 0.3) is 0 Å². The smallest absolute Gasteiger partial charge is 0.123 e. The van der Waals surface area contributed by atoms with Gasteiger partial charge in [-0.15, -0.1) is 0 Å². The lowest BCUT2D eigenvalue weighted by Crippen LogP contribution is -2.12. The van der Waals surface area contributed by atoms with Gasteiger partial charge in [0.25, 0.3) is 0 Å². The zero-order chi connectivity index (χ0) is 14.0. The molecule has 0 heterocycles. The van der Waals surface area contributed by atoms with Crippen molar-refractivity contribution in [1.29, 1.82) is 5.41 Å². The Hall–Kier alpha value is -1.74. The molecule has 2 nitrogen and oxygen atoms in total. The zero-order valence-electron chi connectivity index (χ0n) is 11.4. The molecule has 0 amide bonds. The van der Waals surface area contributed by atoms with Crippen LogP contribution in [0.1, 0.15) is 22.3 Å². The molecule has 0 bridgehead atoms. The van der Waals surface area contributed by atoms with Crippen LogP contribution in [0.15, 0.2) is 46.2 Å². The highest BCUT2D eigenvalue weighted by Gasteiger charge is 2.06. The number of nitrogen functional groups attached to an aromatic ring is 1. The second-order valence-corrected chi connectivity index (χ2v) is 5.88. The average molecular weight is 270 g/mol. The maximum Gasteiger partial charge on any atom is 0.123 e. The van der Waals surface area contributed by atoms with E-state index in [1.165, 1.54) is 20.9 Å². The first kappa shape index (κ1) is 13.7. The molecule has 0 saturated heterocycles. The summed E-state index contributed by atoms with van der Waals surface area (Å²) in [5.41, 5.74) is 9.94. The Labute approximate surface area is 118 Å². The van der Waals surface area contributed by atoms with E-state index in [1.54, 1.807) is 11.8 Å². The van der Waals surface area contributed by atoms with E-state index >= 15 is 0 Å². The highest BCUT2D eigenvalue weighted by Crippen LogP contribution is 2.31. The van der Waals surface area contributed by atoms with Crippen molar-refractivity contribution in [3.63, 3.8) is 0 Å². The molecule has 2 aromatic rings. The molecule has 0 aromatic heterocycles. The van der Waals surface area contributed by atoms with Crippen molar-refractivity contribution in [3.8, 4) is 0 Å². The van der Waals surface area contributed by atoms with Gasteiger partial charge in [-0.25, -0.2) is 0 Å². The molecule has 0 unspecified atom stereocenters. The van der Waals surface area contributed by atoms with Crippen molar-refractivity contribution in [1.82, 2.24) is 0 Å². The number of rotatable bonds is 3. The summed E-state index contributed by atoms with van der Waals surface area (Å²) in [7, 11) is 0. The lowest BCUT2D eigenvalue weighted by Gasteiger charge is -2.09. The standard InChI is InChI=1S/C16H18N2S/c1-10-4-5-11(2)15(8-10)19-13-6-7-14(16(17)18)12(3)9-13/h4-9H,1-3H3,(H3,17,18). The number of hydrogen-bond acceptors (Lipinski definition) is 2. The van der Waals surface area contributed by atoms with Crippen molar-refractivity contribution < 1.29 is 0 Å². The fourth-order valence-corrected chi connectivity index (χ4v) is 3.05. The molecule has 3 N–H and O–H groups in total. The first-order valence-electron chi connectivity index (χ1n) is 6.17. The monoisotopic (exact) mass is 270 g/mol. The molecule has 0 fully saturated rings. The molecule has 98 valence electrons. The van der Waals surface area contributed by atoms with Crippen LogP contribution in [0, 0.1) is 26.2 Å². The minimum absolute atomic E-state index is 0.126. The second-order valence-electron chi connectivity index (χ2n) is 4.76. The van der Waals surface area contributed by atoms with E-state index < -0.39 is 0 Å². The van der Waals surface area contributed by atoms with Crippen LogP contribution < -0.4 is 5.73 Å². The third-order valence-electron chi connectivity index (χ3n) is 3.06. The minimum Gasteiger partial charge on any atom is -0.384 e. The molecule has 0 radical (unpaired) electrons. The molecule has 3 heteroatoms. The Balaban J connectivity index is 2.31. The molecular weight excluding hydrogens is 252 g/mol. The van der Waals surface area contributed by atoms with Gasteiger partial charge in [0.1, 0.15) is 5.84 Å². The van der Waals surface area contributed by atoms with E-state index in [-0.39, 0.29) is 5.84 Å². The molecule has 0 aliphatic carbocycles. The largest absolute Gasteiger partial charge is 0.384 e. The van der Waals surface area contributed by atoms with Crippen molar-refractivity contribution >= 4 is 17.6 Å². The molecule has 0 aliphatic heterocycles. The highest BCUT2D eigenvalue weighted by atomic mass is 32.2. The fraction of sp³-hybridized carbons (Fsp3) is 0.188. The SMILES string of the molecule is Cc1ccc(C)c(Sc2ccc(C(=N)N)c(C)c2)c1. The molecule has 19 heavy (non-hydrogen) atoms. The van der Waals surface area contributed by atoms with E-state index in [4.69, 9.17) is 11.1 Å². The van der Waals surface area contributed by atoms with Gasteiger partial charge < -0.3 is 5.73 Å². The van der Waals surface area contributed by atoms with Gasteiger partial charge in [-0.2, -0.15) is 0 Å². The van der Waals surface area contributed by atoms with Crippen LogP contribution in [0.5, 0.6) is 0 Å². The lowest BCUT2D eigenvalue weighted by atomic mass is 10.1. The third kappa shape index (κ3) is 3.18. The van der Waals surface area contributed by atoms with E-state index in [1.807, 2.05) is 19.1 Å². The topological polar surface area (TPSA) is 49.9 Å². The van der Waals surface area contributed by atoms with Crippen LogP contribution in [-0.4, -0.2) is 5.84 Å². The number of nitrogens with two attached hydrogens (primary N) is 1. The molecule has 0 saturated carbocycles. The average Bonchev–Trinajstić information content (AvgIpc) is 2.33. The summed E-state index contributed by atoms with van der Waals surface area (Å²) in [6.07, 6.45) is 0. The van der Waals surface area contributed by atoms with Gasteiger partial charge in [0, 0.05) is 15.4 Å². The summed E-state index contributed by atoms with van der Waals surface area (Å²) in [5.74, 6) is 0.126. The Bertz CT molecular complexity index is 633. The second kappa shape index (κ2) is 5.49. The number of amidine groups is 1. The predicted octanol–water partition coefficient (Wildman–Crippen LogP) is 4.05. The van der Waals surface area contributed by atoms with E-state index in [2.05, 4.69) is 38.1 Å². The Morgan fingerprint density at radius 1 is 1.00 bits per heavy atom. The summed E-state index contributed by atoms with van der Waals surface area (Å²) in [4.78, 5) is 2.45. The van der Waals surface area contributed by atoms with Crippen LogP contribution in [0.4, 0.5) is 0 Å². The highest BCUT2D eigenvalue weighted by molar-refractivity contribution is 7.99. The molecule has 2 aromatic carbocycles. The van der Waals surface area contributed by atoms with Crippen LogP contribution >= 0.6 is 11.8 Å². The normalized spacial score (nSPS) is 10.5. The van der Waals surface area contributed by atoms with Gasteiger partial charge in [-0.3, -0.25) is 5.41 Å². The van der Waals surface area contributed by atoms with Gasteiger partial charge in [-0.1, -0.05) is 23.9 Å². The first-order chi connectivity index (χ1) is 8.97. The predicted molar refractivity (Wildman–Crippen MR) is 82.2 cm³/mol. The Kier molecular flexibility index (Phi) is 3.96. The van der Waals surface area contributed by atoms with Gasteiger partial charge >= 0.3 is 0 Å². The van der Waals surface area contributed by atoms with Gasteiger partial charge in [-0.05, 0) is 61.7 Å². The number of hydrogen-bond donors (Lipinski definition) is 2. The van der Waals surface area contributed by atoms with Crippen LogP contribution in [-0.2, 0) is 0 Å². The van der Waals surface area contributed by atoms with E-state index in [0.717, 1.165) is 11.1 Å². The maximum atomic E-state index is 7.50. The molecule has 0 aliphatic rings. The quantitative estimate of drug-likeness (QED) is 0.653. The third-order valence-corrected chi connectivity index (χ3v) is 4.21. The summed E-state index contributed by atoms with van der Waals surface area (Å²) < 4.78 is 0. The summed E-state index contributed by atoms with van der Waals surface area (Å²) in [6.45, 7) is 6.22. The molecule has 0 spiro atoms. The Morgan fingerprint density at radius 2 is 1.74 bits per heavy atom.